The van der Waals surface area contributed by atoms with E-state index in [1.165, 1.54) is 25.3 Å². The average Bonchev–Trinajstić information content (AvgIpc) is 2.16. The fraction of sp³-hybridized carbons (Fsp3) is 0.867. The van der Waals surface area contributed by atoms with E-state index in [0.717, 1.165) is 16.6 Å². The van der Waals surface area contributed by atoms with Gasteiger partial charge in [0.25, 0.3) is 0 Å². The van der Waals surface area contributed by atoms with Crippen molar-refractivity contribution in [3.05, 3.63) is 12.7 Å². The van der Waals surface area contributed by atoms with E-state index in [1.54, 1.807) is 0 Å². The highest BCUT2D eigenvalue weighted by Crippen LogP contribution is 2.45. The van der Waals surface area contributed by atoms with Crippen LogP contribution in [0.1, 0.15) is 60.8 Å². The highest BCUT2D eigenvalue weighted by Gasteiger charge is 2.41. The second kappa shape index (κ2) is 7.32. The summed E-state index contributed by atoms with van der Waals surface area (Å²) in [6, 6.07) is 1.51. The summed E-state index contributed by atoms with van der Waals surface area (Å²) in [6.07, 6.45) is 6.00. The molecule has 1 heteroatoms. The molecular formula is C15H32Si. The van der Waals surface area contributed by atoms with Gasteiger partial charge in [-0.3, -0.25) is 0 Å². The van der Waals surface area contributed by atoms with Crippen LogP contribution >= 0.6 is 0 Å². The van der Waals surface area contributed by atoms with Crippen molar-refractivity contribution in [1.29, 1.82) is 0 Å². The molecule has 0 aromatic rings. The smallest absolute Gasteiger partial charge is 0.0612 e. The van der Waals surface area contributed by atoms with Crippen molar-refractivity contribution in [3.63, 3.8) is 0 Å². The predicted octanol–water partition coefficient (Wildman–Crippen LogP) is 6.02. The van der Waals surface area contributed by atoms with Crippen LogP contribution in [0.25, 0.3) is 0 Å². The van der Waals surface area contributed by atoms with E-state index in [9.17, 15) is 0 Å². The molecule has 0 aromatic heterocycles. The zero-order valence-electron chi connectivity index (χ0n) is 12.3. The minimum absolute atomic E-state index is 0.913. The number of unbranched alkanes of at least 4 members (excludes halogenated alkanes) is 2. The van der Waals surface area contributed by atoms with Gasteiger partial charge in [0.2, 0.25) is 0 Å². The van der Waals surface area contributed by atoms with Crippen molar-refractivity contribution >= 4 is 8.07 Å². The van der Waals surface area contributed by atoms with Gasteiger partial charge in [0.05, 0.1) is 8.07 Å². The van der Waals surface area contributed by atoms with Gasteiger partial charge in [0.15, 0.2) is 0 Å². The highest BCUT2D eigenvalue weighted by atomic mass is 28.3. The number of hydrogen-bond acceptors (Lipinski definition) is 0. The highest BCUT2D eigenvalue weighted by molar-refractivity contribution is 6.83. The Labute approximate surface area is 105 Å². The Morgan fingerprint density at radius 3 is 1.62 bits per heavy atom. The summed E-state index contributed by atoms with van der Waals surface area (Å²) in [5, 5.41) is 0. The van der Waals surface area contributed by atoms with Gasteiger partial charge in [-0.25, -0.2) is 0 Å². The summed E-state index contributed by atoms with van der Waals surface area (Å²) in [5.41, 5.74) is 2.74. The summed E-state index contributed by atoms with van der Waals surface area (Å²) in [4.78, 5) is 0. The molecule has 0 aliphatic rings. The van der Waals surface area contributed by atoms with Crippen molar-refractivity contribution in [1.82, 2.24) is 0 Å². The Morgan fingerprint density at radius 1 is 0.875 bits per heavy atom. The van der Waals surface area contributed by atoms with Gasteiger partial charge in [-0.05, 0) is 6.42 Å². The van der Waals surface area contributed by atoms with Gasteiger partial charge in [-0.15, -0.1) is 6.58 Å². The lowest BCUT2D eigenvalue weighted by molar-refractivity contribution is 0.737. The first kappa shape index (κ1) is 16.0. The maximum absolute atomic E-state index is 3.81. The van der Waals surface area contributed by atoms with Gasteiger partial charge in [-0.2, -0.15) is 0 Å². The summed E-state index contributed by atoms with van der Waals surface area (Å²) in [7, 11) is -1.11. The molecule has 0 aliphatic carbocycles. The molecular weight excluding hydrogens is 208 g/mol. The fourth-order valence-electron chi connectivity index (χ4n) is 3.59. The Bertz CT molecular complexity index is 170. The topological polar surface area (TPSA) is 0 Å². The second-order valence-corrected chi connectivity index (χ2v) is 12.3. The molecule has 96 valence electrons. The molecule has 0 aliphatic heterocycles. The van der Waals surface area contributed by atoms with E-state index >= 15 is 0 Å². The minimum Gasteiger partial charge on any atom is -0.103 e. The van der Waals surface area contributed by atoms with Crippen LogP contribution in [0.15, 0.2) is 12.7 Å². The molecule has 0 radical (unpaired) electrons. The summed E-state index contributed by atoms with van der Waals surface area (Å²) in [5.74, 6) is 0. The third kappa shape index (κ3) is 3.76. The molecule has 0 rings (SSSR count). The lowest BCUT2D eigenvalue weighted by atomic mass is 10.2. The van der Waals surface area contributed by atoms with Crippen molar-refractivity contribution < 1.29 is 0 Å². The van der Waals surface area contributed by atoms with Crippen LogP contribution in [-0.2, 0) is 0 Å². The molecule has 0 nitrogen and oxygen atoms in total. The summed E-state index contributed by atoms with van der Waals surface area (Å²) in [6.45, 7) is 18.6. The van der Waals surface area contributed by atoms with Crippen LogP contribution in [0.2, 0.25) is 22.7 Å². The van der Waals surface area contributed by atoms with E-state index in [1.807, 2.05) is 0 Å². The molecule has 0 amide bonds. The van der Waals surface area contributed by atoms with Gasteiger partial charge >= 0.3 is 0 Å². The minimum atomic E-state index is -1.11. The van der Waals surface area contributed by atoms with Crippen LogP contribution in [-0.4, -0.2) is 8.07 Å². The van der Waals surface area contributed by atoms with Crippen LogP contribution in [0.5, 0.6) is 0 Å². The molecule has 0 fully saturated rings. The fourth-order valence-corrected chi connectivity index (χ4v) is 10.2. The molecule has 0 saturated heterocycles. The predicted molar refractivity (Wildman–Crippen MR) is 79.9 cm³/mol. The van der Waals surface area contributed by atoms with Crippen LogP contribution in [0.3, 0.4) is 0 Å². The molecule has 0 bridgehead atoms. The first-order chi connectivity index (χ1) is 7.39. The standard InChI is InChI=1S/C15H32Si/c1-8-9-10-11-12-16(13(2)3,14(4)5)15(6)7/h8,13-15H,1,9-12H2,2-7H3. The maximum atomic E-state index is 3.81. The first-order valence-electron chi connectivity index (χ1n) is 7.00. The summed E-state index contributed by atoms with van der Waals surface area (Å²) >= 11 is 0. The SMILES string of the molecule is C=CCCCC[Si](C(C)C)(C(C)C)C(C)C. The van der Waals surface area contributed by atoms with Gasteiger partial charge in [0.1, 0.15) is 0 Å². The maximum Gasteiger partial charge on any atom is 0.0612 e. The molecule has 16 heavy (non-hydrogen) atoms. The lowest BCUT2D eigenvalue weighted by Crippen LogP contribution is -2.44. The third-order valence-electron chi connectivity index (χ3n) is 4.49. The summed E-state index contributed by atoms with van der Waals surface area (Å²) < 4.78 is 0. The Morgan fingerprint density at radius 2 is 1.31 bits per heavy atom. The number of allylic oxidation sites excluding steroid dienone is 1. The van der Waals surface area contributed by atoms with Crippen LogP contribution < -0.4 is 0 Å². The monoisotopic (exact) mass is 240 g/mol. The molecule has 0 aromatic carbocycles. The zero-order valence-corrected chi connectivity index (χ0v) is 13.3. The Kier molecular flexibility index (Phi) is 7.30. The van der Waals surface area contributed by atoms with E-state index in [-0.39, 0.29) is 0 Å². The van der Waals surface area contributed by atoms with E-state index in [4.69, 9.17) is 0 Å². The quantitative estimate of drug-likeness (QED) is 0.276. The molecule has 0 N–H and O–H groups in total. The average molecular weight is 241 g/mol. The largest absolute Gasteiger partial charge is 0.103 e. The van der Waals surface area contributed by atoms with Crippen molar-refractivity contribution in [2.75, 3.05) is 0 Å². The molecule has 0 spiro atoms. The Balaban J connectivity index is 4.57. The zero-order chi connectivity index (χ0) is 12.8. The lowest BCUT2D eigenvalue weighted by Gasteiger charge is -2.43. The van der Waals surface area contributed by atoms with Crippen molar-refractivity contribution in [2.24, 2.45) is 0 Å². The number of hydrogen-bond donors (Lipinski definition) is 0. The number of rotatable bonds is 8. The van der Waals surface area contributed by atoms with Crippen LogP contribution in [0, 0.1) is 0 Å². The van der Waals surface area contributed by atoms with E-state index in [0.29, 0.717) is 0 Å². The normalized spacial score (nSPS) is 12.8. The van der Waals surface area contributed by atoms with Gasteiger partial charge in [-0.1, -0.05) is 83.1 Å². The second-order valence-electron chi connectivity index (χ2n) is 6.11. The Hall–Kier alpha value is -0.0431. The van der Waals surface area contributed by atoms with E-state index < -0.39 is 8.07 Å². The van der Waals surface area contributed by atoms with Gasteiger partial charge < -0.3 is 0 Å². The molecule has 0 atom stereocenters. The van der Waals surface area contributed by atoms with Crippen LogP contribution in [0.4, 0.5) is 0 Å². The van der Waals surface area contributed by atoms with Gasteiger partial charge in [0, 0.05) is 0 Å². The van der Waals surface area contributed by atoms with E-state index in [2.05, 4.69) is 54.2 Å². The first-order valence-corrected chi connectivity index (χ1v) is 9.44. The molecule has 0 saturated carbocycles. The molecule has 0 heterocycles. The van der Waals surface area contributed by atoms with Crippen molar-refractivity contribution in [3.8, 4) is 0 Å². The van der Waals surface area contributed by atoms with Crippen molar-refractivity contribution in [2.45, 2.75) is 83.5 Å². The molecule has 0 unspecified atom stereocenters. The third-order valence-corrected chi connectivity index (χ3v) is 12.2.